The molecule has 1 aromatic heterocycles. The maximum absolute atomic E-state index is 12.1. The zero-order valence-corrected chi connectivity index (χ0v) is 13.7. The normalized spacial score (nSPS) is 12.2. The van der Waals surface area contributed by atoms with Crippen molar-refractivity contribution < 1.29 is 14.7 Å². The summed E-state index contributed by atoms with van der Waals surface area (Å²) < 4.78 is 1.51. The number of carbonyl (C=O) groups excluding carboxylic acids is 1. The summed E-state index contributed by atoms with van der Waals surface area (Å²) in [6.07, 6.45) is 0. The number of carboxylic acid groups (broad SMARTS) is 1. The summed E-state index contributed by atoms with van der Waals surface area (Å²) in [5.41, 5.74) is 0.607. The van der Waals surface area contributed by atoms with E-state index in [1.165, 1.54) is 11.6 Å². The van der Waals surface area contributed by atoms with Gasteiger partial charge in [0, 0.05) is 5.92 Å². The Kier molecular flexibility index (Phi) is 5.00. The fourth-order valence-electron chi connectivity index (χ4n) is 1.92. The van der Waals surface area contributed by atoms with Gasteiger partial charge in [-0.15, -0.1) is 5.10 Å². The van der Waals surface area contributed by atoms with E-state index in [1.807, 2.05) is 13.8 Å². The fraction of sp³-hybridized carbons (Fsp3) is 0.333. The van der Waals surface area contributed by atoms with E-state index in [0.717, 1.165) is 0 Å². The molecule has 0 unspecified atom stereocenters. The Labute approximate surface area is 138 Å². The number of amides is 1. The van der Waals surface area contributed by atoms with Gasteiger partial charge in [0.25, 0.3) is 5.91 Å². The highest BCUT2D eigenvalue weighted by molar-refractivity contribution is 6.32. The molecule has 1 aromatic carbocycles. The van der Waals surface area contributed by atoms with Crippen molar-refractivity contribution in [2.45, 2.75) is 32.7 Å². The van der Waals surface area contributed by atoms with Crippen molar-refractivity contribution >= 4 is 23.5 Å². The highest BCUT2D eigenvalue weighted by Gasteiger charge is 2.23. The summed E-state index contributed by atoms with van der Waals surface area (Å²) >= 11 is 6.18. The molecular weight excluding hydrogens is 320 g/mol. The average molecular weight is 337 g/mol. The third-order valence-electron chi connectivity index (χ3n) is 3.15. The molecule has 8 heteroatoms. The van der Waals surface area contributed by atoms with Crippen LogP contribution in [0, 0.1) is 0 Å². The predicted molar refractivity (Wildman–Crippen MR) is 85.0 cm³/mol. The number of hydrogen-bond donors (Lipinski definition) is 2. The van der Waals surface area contributed by atoms with Crippen LogP contribution < -0.4 is 5.32 Å². The molecule has 7 nitrogen and oxygen atoms in total. The number of carboxylic acids is 1. The zero-order valence-electron chi connectivity index (χ0n) is 12.9. The van der Waals surface area contributed by atoms with Gasteiger partial charge in [-0.2, -0.15) is 0 Å². The second-order valence-electron chi connectivity index (χ2n) is 5.34. The minimum Gasteiger partial charge on any atom is -0.480 e. The quantitative estimate of drug-likeness (QED) is 0.872. The highest BCUT2D eigenvalue weighted by atomic mass is 35.5. The van der Waals surface area contributed by atoms with Crippen LogP contribution in [0.15, 0.2) is 24.3 Å². The topological polar surface area (TPSA) is 97.1 Å². The van der Waals surface area contributed by atoms with Crippen LogP contribution in [-0.4, -0.2) is 37.8 Å². The minimum absolute atomic E-state index is 0.00257. The Morgan fingerprint density at radius 1 is 1.26 bits per heavy atom. The molecular formula is C15H17ClN4O3. The van der Waals surface area contributed by atoms with Crippen molar-refractivity contribution in [2.24, 2.45) is 0 Å². The molecule has 0 saturated carbocycles. The van der Waals surface area contributed by atoms with Crippen LogP contribution >= 0.6 is 11.6 Å². The third-order valence-corrected chi connectivity index (χ3v) is 3.47. The molecule has 1 heterocycles. The summed E-state index contributed by atoms with van der Waals surface area (Å²) in [6, 6.07) is 6.05. The van der Waals surface area contributed by atoms with E-state index in [-0.39, 0.29) is 11.7 Å². The van der Waals surface area contributed by atoms with E-state index in [9.17, 15) is 9.59 Å². The standard InChI is InChI=1S/C15H17ClN4O3/c1-8(2)13-18-12(14(21)17-9(3)15(22)23)19-20(13)11-7-5-4-6-10(11)16/h4-9H,1-3H3,(H,17,21)(H,22,23)/t9-/m1/s1. The molecule has 2 N–H and O–H groups in total. The largest absolute Gasteiger partial charge is 0.480 e. The van der Waals surface area contributed by atoms with Gasteiger partial charge in [-0.3, -0.25) is 9.59 Å². The van der Waals surface area contributed by atoms with Crippen LogP contribution in [0.4, 0.5) is 0 Å². The van der Waals surface area contributed by atoms with Gasteiger partial charge in [-0.25, -0.2) is 9.67 Å². The molecule has 0 aliphatic heterocycles. The molecule has 2 aromatic rings. The Morgan fingerprint density at radius 3 is 2.48 bits per heavy atom. The summed E-state index contributed by atoms with van der Waals surface area (Å²) in [4.78, 5) is 27.2. The molecule has 23 heavy (non-hydrogen) atoms. The molecule has 0 bridgehead atoms. The maximum Gasteiger partial charge on any atom is 0.325 e. The van der Waals surface area contributed by atoms with E-state index in [2.05, 4.69) is 15.4 Å². The molecule has 0 aliphatic carbocycles. The number of nitrogens with zero attached hydrogens (tertiary/aromatic N) is 3. The van der Waals surface area contributed by atoms with Crippen molar-refractivity contribution in [3.63, 3.8) is 0 Å². The third kappa shape index (κ3) is 3.68. The fourth-order valence-corrected chi connectivity index (χ4v) is 2.13. The Morgan fingerprint density at radius 2 is 1.91 bits per heavy atom. The molecule has 0 fully saturated rings. The molecule has 122 valence electrons. The number of carbonyl (C=O) groups is 2. The number of hydrogen-bond acceptors (Lipinski definition) is 4. The number of benzene rings is 1. The number of aromatic nitrogens is 3. The van der Waals surface area contributed by atoms with E-state index in [1.54, 1.807) is 24.3 Å². The molecule has 2 rings (SSSR count). The van der Waals surface area contributed by atoms with Crippen LogP contribution in [0.5, 0.6) is 0 Å². The molecule has 0 radical (unpaired) electrons. The smallest absolute Gasteiger partial charge is 0.325 e. The first-order valence-corrected chi connectivity index (χ1v) is 7.44. The van der Waals surface area contributed by atoms with E-state index in [0.29, 0.717) is 16.5 Å². The second kappa shape index (κ2) is 6.78. The summed E-state index contributed by atoms with van der Waals surface area (Å²) in [5.74, 6) is -1.31. The van der Waals surface area contributed by atoms with Gasteiger partial charge in [0.15, 0.2) is 0 Å². The van der Waals surface area contributed by atoms with Gasteiger partial charge in [0.05, 0.1) is 10.7 Å². The van der Waals surface area contributed by atoms with Crippen LogP contribution in [0.2, 0.25) is 5.02 Å². The number of aliphatic carboxylic acids is 1. The SMILES string of the molecule is CC(C)c1nc(C(=O)N[C@H](C)C(=O)O)nn1-c1ccccc1Cl. The number of halogens is 1. The Hall–Kier alpha value is -2.41. The monoisotopic (exact) mass is 336 g/mol. The lowest BCUT2D eigenvalue weighted by Gasteiger charge is -2.09. The molecule has 0 aliphatic rings. The lowest BCUT2D eigenvalue weighted by atomic mass is 10.2. The zero-order chi connectivity index (χ0) is 17.1. The van der Waals surface area contributed by atoms with Crippen molar-refractivity contribution in [1.82, 2.24) is 20.1 Å². The highest BCUT2D eigenvalue weighted by Crippen LogP contribution is 2.23. The summed E-state index contributed by atoms with van der Waals surface area (Å²) in [7, 11) is 0. The van der Waals surface area contributed by atoms with Gasteiger partial charge in [0.2, 0.25) is 5.82 Å². The van der Waals surface area contributed by atoms with Gasteiger partial charge < -0.3 is 10.4 Å². The number of para-hydroxylation sites is 1. The molecule has 1 atom stereocenters. The lowest BCUT2D eigenvalue weighted by molar-refractivity contribution is -0.138. The maximum atomic E-state index is 12.1. The van der Waals surface area contributed by atoms with Crippen molar-refractivity contribution in [1.29, 1.82) is 0 Å². The first-order valence-electron chi connectivity index (χ1n) is 7.06. The molecule has 0 saturated heterocycles. The first-order chi connectivity index (χ1) is 10.8. The molecule has 1 amide bonds. The van der Waals surface area contributed by atoms with Gasteiger partial charge in [-0.1, -0.05) is 37.6 Å². The second-order valence-corrected chi connectivity index (χ2v) is 5.75. The summed E-state index contributed by atoms with van der Waals surface area (Å²) in [5, 5.41) is 15.9. The van der Waals surface area contributed by atoms with Crippen LogP contribution in [0.1, 0.15) is 43.1 Å². The van der Waals surface area contributed by atoms with Crippen LogP contribution in [0.3, 0.4) is 0 Å². The number of rotatable bonds is 5. The van der Waals surface area contributed by atoms with Crippen molar-refractivity contribution in [3.8, 4) is 5.69 Å². The van der Waals surface area contributed by atoms with Crippen LogP contribution in [0.25, 0.3) is 5.69 Å². The average Bonchev–Trinajstić information content (AvgIpc) is 2.92. The van der Waals surface area contributed by atoms with Crippen LogP contribution in [-0.2, 0) is 4.79 Å². The summed E-state index contributed by atoms with van der Waals surface area (Å²) in [6.45, 7) is 5.20. The molecule has 0 spiro atoms. The first kappa shape index (κ1) is 17.0. The van der Waals surface area contributed by atoms with Gasteiger partial charge >= 0.3 is 5.97 Å². The van der Waals surface area contributed by atoms with E-state index < -0.39 is 17.9 Å². The number of nitrogens with one attached hydrogen (secondary N) is 1. The van der Waals surface area contributed by atoms with Crippen molar-refractivity contribution in [2.75, 3.05) is 0 Å². The lowest BCUT2D eigenvalue weighted by Crippen LogP contribution is -2.38. The predicted octanol–water partition coefficient (Wildman–Crippen LogP) is 2.25. The minimum atomic E-state index is -1.13. The van der Waals surface area contributed by atoms with Gasteiger partial charge in [0.1, 0.15) is 11.9 Å². The van der Waals surface area contributed by atoms with Crippen molar-refractivity contribution in [3.05, 3.63) is 40.9 Å². The Bertz CT molecular complexity index is 742. The Balaban J connectivity index is 2.42. The van der Waals surface area contributed by atoms with Gasteiger partial charge in [-0.05, 0) is 19.1 Å². The van der Waals surface area contributed by atoms with E-state index >= 15 is 0 Å². The van der Waals surface area contributed by atoms with E-state index in [4.69, 9.17) is 16.7 Å².